The Bertz CT molecular complexity index is 605. The van der Waals surface area contributed by atoms with Gasteiger partial charge in [-0.05, 0) is 37.8 Å². The van der Waals surface area contributed by atoms with E-state index in [2.05, 4.69) is 10.6 Å². The van der Waals surface area contributed by atoms with E-state index in [1.165, 1.54) is 50.7 Å². The number of rotatable bonds is 6. The molecule has 0 saturated heterocycles. The van der Waals surface area contributed by atoms with E-state index >= 15 is 0 Å². The highest BCUT2D eigenvalue weighted by Gasteiger charge is 2.23. The zero-order valence-corrected chi connectivity index (χ0v) is 15.1. The molecule has 0 radical (unpaired) electrons. The molecular formula is C20H28N2O4. The minimum Gasteiger partial charge on any atom is -0.478 e. The number of carboxylic acid groups (broad SMARTS) is 2. The average molecular weight is 360 g/mol. The third-order valence-electron chi connectivity index (χ3n) is 5.55. The Morgan fingerprint density at radius 2 is 1.04 bits per heavy atom. The van der Waals surface area contributed by atoms with Crippen LogP contribution in [0.1, 0.15) is 84.9 Å². The van der Waals surface area contributed by atoms with Crippen LogP contribution in [-0.4, -0.2) is 34.2 Å². The highest BCUT2D eigenvalue weighted by Crippen LogP contribution is 2.32. The Morgan fingerprint density at radius 3 is 1.35 bits per heavy atom. The Kier molecular flexibility index (Phi) is 6.01. The SMILES string of the molecule is O=C(O)c1cc(NC2CCCCC2)c(NC2CCCCC2)cc1C(=O)O. The maximum absolute atomic E-state index is 11.6. The van der Waals surface area contributed by atoms with Gasteiger partial charge in [0.05, 0.1) is 22.5 Å². The first-order valence-corrected chi connectivity index (χ1v) is 9.72. The molecule has 3 rings (SSSR count). The Balaban J connectivity index is 1.92. The smallest absolute Gasteiger partial charge is 0.336 e. The normalized spacial score (nSPS) is 19.1. The Hall–Kier alpha value is -2.24. The van der Waals surface area contributed by atoms with Gasteiger partial charge in [-0.25, -0.2) is 9.59 Å². The molecule has 142 valence electrons. The Labute approximate surface area is 154 Å². The molecule has 2 aliphatic carbocycles. The summed E-state index contributed by atoms with van der Waals surface area (Å²) in [5.74, 6) is -2.42. The van der Waals surface area contributed by atoms with Crippen LogP contribution in [0.15, 0.2) is 12.1 Å². The van der Waals surface area contributed by atoms with E-state index in [4.69, 9.17) is 0 Å². The number of anilines is 2. The van der Waals surface area contributed by atoms with Gasteiger partial charge >= 0.3 is 11.9 Å². The number of carboxylic acids is 2. The summed E-state index contributed by atoms with van der Waals surface area (Å²) in [4.78, 5) is 23.1. The minimum atomic E-state index is -1.21. The first kappa shape index (κ1) is 18.5. The quantitative estimate of drug-likeness (QED) is 0.593. The van der Waals surface area contributed by atoms with Crippen LogP contribution < -0.4 is 10.6 Å². The van der Waals surface area contributed by atoms with E-state index in [9.17, 15) is 19.8 Å². The zero-order valence-electron chi connectivity index (χ0n) is 15.1. The molecule has 26 heavy (non-hydrogen) atoms. The predicted octanol–water partition coefficient (Wildman–Crippen LogP) is 4.57. The topological polar surface area (TPSA) is 98.7 Å². The molecule has 0 atom stereocenters. The summed E-state index contributed by atoms with van der Waals surface area (Å²) >= 11 is 0. The van der Waals surface area contributed by atoms with E-state index in [0.717, 1.165) is 25.7 Å². The van der Waals surface area contributed by atoms with Crippen LogP contribution >= 0.6 is 0 Å². The summed E-state index contributed by atoms with van der Waals surface area (Å²) in [5.41, 5.74) is 1.10. The summed E-state index contributed by atoms with van der Waals surface area (Å²) < 4.78 is 0. The molecule has 0 heterocycles. The standard InChI is InChI=1S/C20H28N2O4/c23-19(24)15-11-17(21-13-7-3-1-4-8-13)18(12-16(15)20(25)26)22-14-9-5-2-6-10-14/h11-14,21-22H,1-10H2,(H,23,24)(H,25,26). The van der Waals surface area contributed by atoms with Gasteiger partial charge in [0.2, 0.25) is 0 Å². The van der Waals surface area contributed by atoms with E-state index < -0.39 is 11.9 Å². The fourth-order valence-corrected chi connectivity index (χ4v) is 4.13. The predicted molar refractivity (Wildman–Crippen MR) is 101 cm³/mol. The van der Waals surface area contributed by atoms with Gasteiger partial charge in [-0.1, -0.05) is 38.5 Å². The summed E-state index contributed by atoms with van der Waals surface area (Å²) in [6, 6.07) is 3.61. The lowest BCUT2D eigenvalue weighted by Gasteiger charge is -2.29. The number of nitrogens with one attached hydrogen (secondary N) is 2. The van der Waals surface area contributed by atoms with Gasteiger partial charge in [-0.15, -0.1) is 0 Å². The van der Waals surface area contributed by atoms with Crippen molar-refractivity contribution in [2.45, 2.75) is 76.3 Å². The molecule has 2 saturated carbocycles. The third kappa shape index (κ3) is 4.48. The van der Waals surface area contributed by atoms with Crippen LogP contribution in [0.5, 0.6) is 0 Å². The fourth-order valence-electron chi connectivity index (χ4n) is 4.13. The summed E-state index contributed by atoms with van der Waals surface area (Å²) in [6.07, 6.45) is 11.4. The van der Waals surface area contributed by atoms with Gasteiger partial charge in [0.25, 0.3) is 0 Å². The van der Waals surface area contributed by atoms with E-state index in [1.54, 1.807) is 0 Å². The second-order valence-electron chi connectivity index (χ2n) is 7.51. The fraction of sp³-hybridized carbons (Fsp3) is 0.600. The van der Waals surface area contributed by atoms with Crippen molar-refractivity contribution in [2.75, 3.05) is 10.6 Å². The number of hydrogen-bond acceptors (Lipinski definition) is 4. The van der Waals surface area contributed by atoms with Crippen LogP contribution in [0.4, 0.5) is 11.4 Å². The van der Waals surface area contributed by atoms with Crippen LogP contribution in [0, 0.1) is 0 Å². The molecule has 0 bridgehead atoms. The summed E-state index contributed by atoms with van der Waals surface area (Å²) in [7, 11) is 0. The van der Waals surface area contributed by atoms with Gasteiger partial charge in [0.1, 0.15) is 0 Å². The summed E-state index contributed by atoms with van der Waals surface area (Å²) in [6.45, 7) is 0. The molecule has 0 unspecified atom stereocenters. The van der Waals surface area contributed by atoms with Gasteiger partial charge in [-0.2, -0.15) is 0 Å². The van der Waals surface area contributed by atoms with Crippen LogP contribution in [0.25, 0.3) is 0 Å². The molecule has 4 N–H and O–H groups in total. The largest absolute Gasteiger partial charge is 0.478 e. The Morgan fingerprint density at radius 1 is 0.692 bits per heavy atom. The van der Waals surface area contributed by atoms with Gasteiger partial charge in [-0.3, -0.25) is 0 Å². The van der Waals surface area contributed by atoms with Crippen molar-refractivity contribution in [3.63, 3.8) is 0 Å². The zero-order chi connectivity index (χ0) is 18.5. The molecule has 6 heteroatoms. The average Bonchev–Trinajstić information content (AvgIpc) is 2.64. The molecule has 0 aliphatic heterocycles. The van der Waals surface area contributed by atoms with E-state index in [1.807, 2.05) is 0 Å². The second kappa shape index (κ2) is 8.43. The van der Waals surface area contributed by atoms with Crippen molar-refractivity contribution in [1.82, 2.24) is 0 Å². The first-order chi connectivity index (χ1) is 12.5. The van der Waals surface area contributed by atoms with Gasteiger partial charge in [0, 0.05) is 12.1 Å². The molecular weight excluding hydrogens is 332 g/mol. The number of carbonyl (C=O) groups is 2. The molecule has 2 fully saturated rings. The van der Waals surface area contributed by atoms with E-state index in [0.29, 0.717) is 23.5 Å². The first-order valence-electron chi connectivity index (χ1n) is 9.72. The molecule has 1 aromatic rings. The lowest BCUT2D eigenvalue weighted by Crippen LogP contribution is -2.26. The van der Waals surface area contributed by atoms with Crippen molar-refractivity contribution >= 4 is 23.3 Å². The lowest BCUT2D eigenvalue weighted by atomic mass is 9.93. The minimum absolute atomic E-state index is 0.162. The van der Waals surface area contributed by atoms with Crippen LogP contribution in [0.2, 0.25) is 0 Å². The maximum atomic E-state index is 11.6. The molecule has 6 nitrogen and oxygen atoms in total. The van der Waals surface area contributed by atoms with Crippen molar-refractivity contribution < 1.29 is 19.8 Å². The number of benzene rings is 1. The number of hydrogen-bond donors (Lipinski definition) is 4. The lowest BCUT2D eigenvalue weighted by molar-refractivity contribution is 0.0651. The monoisotopic (exact) mass is 360 g/mol. The third-order valence-corrected chi connectivity index (χ3v) is 5.55. The van der Waals surface area contributed by atoms with Crippen LogP contribution in [0.3, 0.4) is 0 Å². The maximum Gasteiger partial charge on any atom is 0.336 e. The molecule has 1 aromatic carbocycles. The van der Waals surface area contributed by atoms with Gasteiger partial charge < -0.3 is 20.8 Å². The molecule has 2 aliphatic rings. The molecule has 0 spiro atoms. The highest BCUT2D eigenvalue weighted by atomic mass is 16.4. The van der Waals surface area contributed by atoms with Crippen molar-refractivity contribution in [2.24, 2.45) is 0 Å². The van der Waals surface area contributed by atoms with E-state index in [-0.39, 0.29) is 11.1 Å². The second-order valence-corrected chi connectivity index (χ2v) is 7.51. The molecule has 0 aromatic heterocycles. The van der Waals surface area contributed by atoms with Crippen LogP contribution in [-0.2, 0) is 0 Å². The number of aromatic carboxylic acids is 2. The highest BCUT2D eigenvalue weighted by molar-refractivity contribution is 6.04. The van der Waals surface area contributed by atoms with Crippen molar-refractivity contribution in [1.29, 1.82) is 0 Å². The van der Waals surface area contributed by atoms with Crippen molar-refractivity contribution in [3.8, 4) is 0 Å². The molecule has 0 amide bonds. The summed E-state index contributed by atoms with van der Waals surface area (Å²) in [5, 5.41) is 25.9. The van der Waals surface area contributed by atoms with Gasteiger partial charge in [0.15, 0.2) is 0 Å². The van der Waals surface area contributed by atoms with Crippen molar-refractivity contribution in [3.05, 3.63) is 23.3 Å².